The summed E-state index contributed by atoms with van der Waals surface area (Å²) in [6, 6.07) is 12.1. The van der Waals surface area contributed by atoms with Gasteiger partial charge in [0.05, 0.1) is 17.9 Å². The van der Waals surface area contributed by atoms with E-state index in [9.17, 15) is 13.2 Å². The molecule has 0 bridgehead atoms. The maximum atomic E-state index is 13.0. The fourth-order valence-electron chi connectivity index (χ4n) is 3.67. The van der Waals surface area contributed by atoms with Crippen LogP contribution in [0.15, 0.2) is 47.4 Å². The lowest BCUT2D eigenvalue weighted by atomic mass is 10.1. The highest BCUT2D eigenvalue weighted by Gasteiger charge is 2.31. The zero-order chi connectivity index (χ0) is 21.8. The van der Waals surface area contributed by atoms with Crippen LogP contribution in [0.4, 0.5) is 0 Å². The Hall–Kier alpha value is -2.78. The second-order valence-corrected chi connectivity index (χ2v) is 9.28. The van der Waals surface area contributed by atoms with Crippen molar-refractivity contribution in [2.75, 3.05) is 46.0 Å². The average molecular weight is 447 g/mol. The van der Waals surface area contributed by atoms with Crippen molar-refractivity contribution in [3.8, 4) is 17.2 Å². The summed E-state index contributed by atoms with van der Waals surface area (Å²) in [6.07, 6.45) is 0.279. The minimum Gasteiger partial charge on any atom is -0.494 e. The van der Waals surface area contributed by atoms with Gasteiger partial charge in [-0.05, 0) is 36.8 Å². The van der Waals surface area contributed by atoms with Gasteiger partial charge in [0.2, 0.25) is 15.9 Å². The number of sulfonamides is 1. The summed E-state index contributed by atoms with van der Waals surface area (Å²) in [5.74, 6) is 1.75. The number of rotatable bonds is 6. The molecule has 0 aliphatic carbocycles. The first-order chi connectivity index (χ1) is 15.0. The number of piperazine rings is 1. The molecule has 0 unspecified atom stereocenters. The number of carbonyl (C=O) groups excluding carboxylic acids is 1. The summed E-state index contributed by atoms with van der Waals surface area (Å²) in [6.45, 7) is 4.59. The topological polar surface area (TPSA) is 85.4 Å². The van der Waals surface area contributed by atoms with E-state index in [1.165, 1.54) is 16.4 Å². The molecule has 2 aliphatic heterocycles. The van der Waals surface area contributed by atoms with E-state index >= 15 is 0 Å². The van der Waals surface area contributed by atoms with Gasteiger partial charge in [-0.1, -0.05) is 12.1 Å². The van der Waals surface area contributed by atoms with Crippen molar-refractivity contribution in [2.45, 2.75) is 18.2 Å². The van der Waals surface area contributed by atoms with Crippen molar-refractivity contribution >= 4 is 15.9 Å². The van der Waals surface area contributed by atoms with E-state index in [-0.39, 0.29) is 30.3 Å². The molecule has 8 nitrogen and oxygen atoms in total. The maximum Gasteiger partial charge on any atom is 0.243 e. The molecular weight excluding hydrogens is 420 g/mol. The molecule has 4 rings (SSSR count). The number of ether oxygens (including phenoxy) is 3. The van der Waals surface area contributed by atoms with Crippen molar-refractivity contribution in [2.24, 2.45) is 0 Å². The molecule has 0 atom stereocenters. The Kier molecular flexibility index (Phi) is 6.33. The fourth-order valence-corrected chi connectivity index (χ4v) is 5.11. The van der Waals surface area contributed by atoms with Crippen LogP contribution in [-0.2, 0) is 21.2 Å². The summed E-state index contributed by atoms with van der Waals surface area (Å²) in [5, 5.41) is 0. The first-order valence-electron chi connectivity index (χ1n) is 10.4. The van der Waals surface area contributed by atoms with Crippen LogP contribution in [0.1, 0.15) is 12.5 Å². The molecular formula is C22H26N2O6S. The summed E-state index contributed by atoms with van der Waals surface area (Å²) in [7, 11) is -3.67. The van der Waals surface area contributed by atoms with E-state index in [2.05, 4.69) is 0 Å². The molecule has 1 amide bonds. The Balaban J connectivity index is 1.36. The van der Waals surface area contributed by atoms with Crippen LogP contribution in [0, 0.1) is 0 Å². The summed E-state index contributed by atoms with van der Waals surface area (Å²) in [5.41, 5.74) is 0.903. The number of hydrogen-bond donors (Lipinski definition) is 0. The van der Waals surface area contributed by atoms with Gasteiger partial charge in [0.25, 0.3) is 0 Å². The standard InChI is InChI=1S/C22H26N2O6S/c1-2-28-18-5-3-17(4-6-18)15-22(25)23-9-11-24(12-10-23)31(26,27)19-7-8-20-21(16-19)30-14-13-29-20/h3-8,16H,2,9-15H2,1H3. The second kappa shape index (κ2) is 9.15. The molecule has 0 radical (unpaired) electrons. The van der Waals surface area contributed by atoms with Gasteiger partial charge in [0.15, 0.2) is 11.5 Å². The van der Waals surface area contributed by atoms with Gasteiger partial charge < -0.3 is 19.1 Å². The molecule has 166 valence electrons. The van der Waals surface area contributed by atoms with Crippen molar-refractivity contribution in [3.63, 3.8) is 0 Å². The quantitative estimate of drug-likeness (QED) is 0.674. The zero-order valence-electron chi connectivity index (χ0n) is 17.5. The van der Waals surface area contributed by atoms with E-state index in [4.69, 9.17) is 14.2 Å². The van der Waals surface area contributed by atoms with Crippen LogP contribution in [0.2, 0.25) is 0 Å². The molecule has 2 aromatic carbocycles. The predicted octanol–water partition coefficient (Wildman–Crippen LogP) is 1.93. The second-order valence-electron chi connectivity index (χ2n) is 7.34. The lowest BCUT2D eigenvalue weighted by Crippen LogP contribution is -2.50. The van der Waals surface area contributed by atoms with Gasteiger partial charge in [-0.2, -0.15) is 4.31 Å². The molecule has 0 saturated carbocycles. The Morgan fingerprint density at radius 1 is 0.968 bits per heavy atom. The summed E-state index contributed by atoms with van der Waals surface area (Å²) >= 11 is 0. The van der Waals surface area contributed by atoms with Gasteiger partial charge in [0.1, 0.15) is 19.0 Å². The van der Waals surface area contributed by atoms with Crippen LogP contribution in [0.5, 0.6) is 17.2 Å². The van der Waals surface area contributed by atoms with Gasteiger partial charge in [-0.3, -0.25) is 4.79 Å². The van der Waals surface area contributed by atoms with Crippen molar-refractivity contribution in [1.29, 1.82) is 0 Å². The monoisotopic (exact) mass is 446 g/mol. The lowest BCUT2D eigenvalue weighted by molar-refractivity contribution is -0.131. The van der Waals surface area contributed by atoms with Crippen LogP contribution in [-0.4, -0.2) is 69.5 Å². The van der Waals surface area contributed by atoms with Crippen molar-refractivity contribution in [1.82, 2.24) is 9.21 Å². The SMILES string of the molecule is CCOc1ccc(CC(=O)N2CCN(S(=O)(=O)c3ccc4c(c3)OCCO4)CC2)cc1. The van der Waals surface area contributed by atoms with Gasteiger partial charge in [-0.15, -0.1) is 0 Å². The maximum absolute atomic E-state index is 13.0. The minimum atomic E-state index is -3.67. The lowest BCUT2D eigenvalue weighted by Gasteiger charge is -2.34. The molecule has 2 aliphatic rings. The number of hydrogen-bond acceptors (Lipinski definition) is 6. The number of carbonyl (C=O) groups is 1. The Morgan fingerprint density at radius 2 is 1.65 bits per heavy atom. The third-order valence-electron chi connectivity index (χ3n) is 5.33. The van der Waals surface area contributed by atoms with E-state index in [0.717, 1.165) is 11.3 Å². The molecule has 2 heterocycles. The third-order valence-corrected chi connectivity index (χ3v) is 7.23. The summed E-state index contributed by atoms with van der Waals surface area (Å²) in [4.78, 5) is 14.5. The smallest absolute Gasteiger partial charge is 0.243 e. The predicted molar refractivity (Wildman–Crippen MR) is 114 cm³/mol. The number of fused-ring (bicyclic) bond motifs is 1. The first kappa shape index (κ1) is 21.5. The zero-order valence-corrected chi connectivity index (χ0v) is 18.3. The molecule has 31 heavy (non-hydrogen) atoms. The van der Waals surface area contributed by atoms with E-state index in [1.807, 2.05) is 31.2 Å². The van der Waals surface area contributed by atoms with Crippen LogP contribution in [0.25, 0.3) is 0 Å². The molecule has 9 heteroatoms. The van der Waals surface area contributed by atoms with E-state index < -0.39 is 10.0 Å². The number of benzene rings is 2. The minimum absolute atomic E-state index is 0.0134. The normalized spacial score (nSPS) is 16.7. The Bertz CT molecular complexity index is 1030. The highest BCUT2D eigenvalue weighted by atomic mass is 32.2. The van der Waals surface area contributed by atoms with Crippen molar-refractivity contribution in [3.05, 3.63) is 48.0 Å². The summed E-state index contributed by atoms with van der Waals surface area (Å²) < 4.78 is 43.9. The molecule has 1 fully saturated rings. The number of nitrogens with zero attached hydrogens (tertiary/aromatic N) is 2. The van der Waals surface area contributed by atoms with E-state index in [1.54, 1.807) is 11.0 Å². The Morgan fingerprint density at radius 3 is 2.32 bits per heavy atom. The molecule has 1 saturated heterocycles. The van der Waals surface area contributed by atoms with Crippen LogP contribution >= 0.6 is 0 Å². The largest absolute Gasteiger partial charge is 0.494 e. The van der Waals surface area contributed by atoms with Gasteiger partial charge in [0, 0.05) is 32.2 Å². The fraction of sp³-hybridized carbons (Fsp3) is 0.409. The van der Waals surface area contributed by atoms with Gasteiger partial charge >= 0.3 is 0 Å². The highest BCUT2D eigenvalue weighted by molar-refractivity contribution is 7.89. The van der Waals surface area contributed by atoms with Gasteiger partial charge in [-0.25, -0.2) is 8.42 Å². The first-order valence-corrected chi connectivity index (χ1v) is 11.8. The number of amides is 1. The van der Waals surface area contributed by atoms with E-state index in [0.29, 0.717) is 44.4 Å². The average Bonchev–Trinajstić information content (AvgIpc) is 2.80. The van der Waals surface area contributed by atoms with Crippen LogP contribution in [0.3, 0.4) is 0 Å². The molecule has 2 aromatic rings. The molecule has 0 aromatic heterocycles. The third kappa shape index (κ3) is 4.77. The highest BCUT2D eigenvalue weighted by Crippen LogP contribution is 2.33. The van der Waals surface area contributed by atoms with Crippen LogP contribution < -0.4 is 14.2 Å². The Labute approximate surface area is 182 Å². The molecule has 0 spiro atoms. The molecule has 0 N–H and O–H groups in total. The van der Waals surface area contributed by atoms with Crippen molar-refractivity contribution < 1.29 is 27.4 Å².